The van der Waals surface area contributed by atoms with E-state index in [9.17, 15) is 4.39 Å². The minimum Gasteiger partial charge on any atom is -0.380 e. The Labute approximate surface area is 106 Å². The molecule has 2 rings (SSSR count). The molecule has 2 N–H and O–H groups in total. The number of nitrogen functional groups attached to an aromatic ring is 1. The zero-order valence-electron chi connectivity index (χ0n) is 10.8. The molecular weight excluding hydrogens is 231 g/mol. The summed E-state index contributed by atoms with van der Waals surface area (Å²) in [6.07, 6.45) is 0. The molecule has 0 aliphatic heterocycles. The van der Waals surface area contributed by atoms with Crippen LogP contribution in [0.25, 0.3) is 11.1 Å². The summed E-state index contributed by atoms with van der Waals surface area (Å²) in [5.74, 6) is 1.46. The maximum absolute atomic E-state index is 12.9. The van der Waals surface area contributed by atoms with Crippen LogP contribution in [-0.2, 0) is 0 Å². The van der Waals surface area contributed by atoms with Crippen molar-refractivity contribution in [1.82, 2.24) is 5.16 Å². The number of hydrogen-bond acceptors (Lipinski definition) is 3. The molecule has 0 saturated carbocycles. The molecule has 2 aromatic rings. The van der Waals surface area contributed by atoms with Crippen molar-refractivity contribution in [3.05, 3.63) is 35.8 Å². The molecule has 0 bridgehead atoms. The lowest BCUT2D eigenvalue weighted by atomic mass is 9.91. The van der Waals surface area contributed by atoms with Gasteiger partial charge in [-0.3, -0.25) is 0 Å². The van der Waals surface area contributed by atoms with E-state index < -0.39 is 0 Å². The SMILES string of the molecule is CC(C)C(C)c1onc(N)c1-c1ccc(F)cc1. The topological polar surface area (TPSA) is 52.0 Å². The van der Waals surface area contributed by atoms with Crippen LogP contribution in [0, 0.1) is 11.7 Å². The summed E-state index contributed by atoms with van der Waals surface area (Å²) in [6, 6.07) is 6.20. The van der Waals surface area contributed by atoms with Crippen molar-refractivity contribution in [1.29, 1.82) is 0 Å². The van der Waals surface area contributed by atoms with Gasteiger partial charge in [0.15, 0.2) is 5.82 Å². The molecule has 96 valence electrons. The van der Waals surface area contributed by atoms with Crippen LogP contribution in [0.5, 0.6) is 0 Å². The van der Waals surface area contributed by atoms with Gasteiger partial charge >= 0.3 is 0 Å². The monoisotopic (exact) mass is 248 g/mol. The molecule has 18 heavy (non-hydrogen) atoms. The van der Waals surface area contributed by atoms with E-state index in [4.69, 9.17) is 10.3 Å². The fourth-order valence-corrected chi connectivity index (χ4v) is 1.84. The molecule has 0 saturated heterocycles. The molecule has 1 atom stereocenters. The van der Waals surface area contributed by atoms with Gasteiger partial charge in [-0.25, -0.2) is 4.39 Å². The van der Waals surface area contributed by atoms with Crippen molar-refractivity contribution in [2.24, 2.45) is 5.92 Å². The Bertz CT molecular complexity index is 531. The van der Waals surface area contributed by atoms with Gasteiger partial charge in [0.1, 0.15) is 11.6 Å². The van der Waals surface area contributed by atoms with Gasteiger partial charge in [-0.15, -0.1) is 0 Å². The van der Waals surface area contributed by atoms with Gasteiger partial charge in [0, 0.05) is 5.92 Å². The average Bonchev–Trinajstić information content (AvgIpc) is 2.71. The highest BCUT2D eigenvalue weighted by Gasteiger charge is 2.23. The van der Waals surface area contributed by atoms with E-state index >= 15 is 0 Å². The average molecular weight is 248 g/mol. The first-order valence-electron chi connectivity index (χ1n) is 6.01. The summed E-state index contributed by atoms with van der Waals surface area (Å²) in [5.41, 5.74) is 7.46. The zero-order valence-corrected chi connectivity index (χ0v) is 10.8. The second-order valence-corrected chi connectivity index (χ2v) is 4.85. The van der Waals surface area contributed by atoms with Gasteiger partial charge in [-0.1, -0.05) is 38.1 Å². The van der Waals surface area contributed by atoms with E-state index in [-0.39, 0.29) is 11.7 Å². The highest BCUT2D eigenvalue weighted by atomic mass is 19.1. The van der Waals surface area contributed by atoms with E-state index in [0.29, 0.717) is 11.7 Å². The zero-order chi connectivity index (χ0) is 13.3. The standard InChI is InChI=1S/C14H17FN2O/c1-8(2)9(3)13-12(14(16)17-18-13)10-4-6-11(15)7-5-10/h4-9H,1-3H3,(H2,16,17). The number of hydrogen-bond donors (Lipinski definition) is 1. The summed E-state index contributed by atoms with van der Waals surface area (Å²) in [6.45, 7) is 6.29. The third kappa shape index (κ3) is 2.23. The predicted molar refractivity (Wildman–Crippen MR) is 69.6 cm³/mol. The number of aromatic nitrogens is 1. The second kappa shape index (κ2) is 4.80. The lowest BCUT2D eigenvalue weighted by Crippen LogP contribution is -2.02. The number of nitrogens with zero attached hydrogens (tertiary/aromatic N) is 1. The van der Waals surface area contributed by atoms with Gasteiger partial charge in [0.2, 0.25) is 0 Å². The second-order valence-electron chi connectivity index (χ2n) is 4.85. The van der Waals surface area contributed by atoms with Crippen molar-refractivity contribution in [3.63, 3.8) is 0 Å². The number of nitrogens with two attached hydrogens (primary N) is 1. The maximum atomic E-state index is 12.9. The Morgan fingerprint density at radius 1 is 1.17 bits per heavy atom. The Hall–Kier alpha value is -1.84. The van der Waals surface area contributed by atoms with Crippen LogP contribution in [0.15, 0.2) is 28.8 Å². The molecule has 0 fully saturated rings. The van der Waals surface area contributed by atoms with E-state index in [1.165, 1.54) is 12.1 Å². The van der Waals surface area contributed by atoms with Gasteiger partial charge in [0.05, 0.1) is 5.56 Å². The summed E-state index contributed by atoms with van der Waals surface area (Å²) in [4.78, 5) is 0. The summed E-state index contributed by atoms with van der Waals surface area (Å²) in [7, 11) is 0. The molecule has 0 amide bonds. The minimum absolute atomic E-state index is 0.204. The van der Waals surface area contributed by atoms with Crippen LogP contribution in [0.2, 0.25) is 0 Å². The van der Waals surface area contributed by atoms with Crippen molar-refractivity contribution in [2.75, 3.05) is 5.73 Å². The van der Waals surface area contributed by atoms with E-state index in [0.717, 1.165) is 16.9 Å². The predicted octanol–water partition coefficient (Wildman–Crippen LogP) is 3.82. The normalized spacial score (nSPS) is 12.9. The van der Waals surface area contributed by atoms with E-state index in [2.05, 4.69) is 25.9 Å². The molecule has 1 aromatic carbocycles. The van der Waals surface area contributed by atoms with Crippen LogP contribution >= 0.6 is 0 Å². The highest BCUT2D eigenvalue weighted by molar-refractivity contribution is 5.75. The quantitative estimate of drug-likeness (QED) is 0.898. The van der Waals surface area contributed by atoms with Crippen LogP contribution < -0.4 is 5.73 Å². The Morgan fingerprint density at radius 2 is 1.78 bits per heavy atom. The largest absolute Gasteiger partial charge is 0.380 e. The first-order chi connectivity index (χ1) is 8.50. The van der Waals surface area contributed by atoms with Crippen molar-refractivity contribution >= 4 is 5.82 Å². The maximum Gasteiger partial charge on any atom is 0.175 e. The highest BCUT2D eigenvalue weighted by Crippen LogP contribution is 2.36. The van der Waals surface area contributed by atoms with Crippen molar-refractivity contribution < 1.29 is 8.91 Å². The Kier molecular flexibility index (Phi) is 3.36. The number of benzene rings is 1. The summed E-state index contributed by atoms with van der Waals surface area (Å²) < 4.78 is 18.3. The first kappa shape index (κ1) is 12.6. The Morgan fingerprint density at radius 3 is 2.33 bits per heavy atom. The van der Waals surface area contributed by atoms with Crippen molar-refractivity contribution in [3.8, 4) is 11.1 Å². The molecule has 4 heteroatoms. The fraction of sp³-hybridized carbons (Fsp3) is 0.357. The van der Waals surface area contributed by atoms with E-state index in [1.54, 1.807) is 12.1 Å². The molecule has 0 aliphatic rings. The molecule has 0 spiro atoms. The molecule has 1 aromatic heterocycles. The van der Waals surface area contributed by atoms with Crippen LogP contribution in [0.3, 0.4) is 0 Å². The van der Waals surface area contributed by atoms with Crippen LogP contribution in [0.4, 0.5) is 10.2 Å². The van der Waals surface area contributed by atoms with Gasteiger partial charge in [-0.2, -0.15) is 0 Å². The number of rotatable bonds is 3. The smallest absolute Gasteiger partial charge is 0.175 e. The lowest BCUT2D eigenvalue weighted by Gasteiger charge is -2.13. The van der Waals surface area contributed by atoms with Gasteiger partial charge in [-0.05, 0) is 23.6 Å². The summed E-state index contributed by atoms with van der Waals surface area (Å²) in [5, 5.41) is 3.83. The third-order valence-electron chi connectivity index (χ3n) is 3.29. The molecule has 0 radical (unpaired) electrons. The fourth-order valence-electron chi connectivity index (χ4n) is 1.84. The first-order valence-corrected chi connectivity index (χ1v) is 6.01. The lowest BCUT2D eigenvalue weighted by molar-refractivity contribution is 0.341. The minimum atomic E-state index is -0.271. The van der Waals surface area contributed by atoms with Crippen LogP contribution in [0.1, 0.15) is 32.4 Å². The molecule has 1 unspecified atom stereocenters. The molecule has 1 heterocycles. The summed E-state index contributed by atoms with van der Waals surface area (Å²) >= 11 is 0. The molecular formula is C14H17FN2O. The Balaban J connectivity index is 2.50. The molecule has 0 aliphatic carbocycles. The van der Waals surface area contributed by atoms with Gasteiger partial charge < -0.3 is 10.3 Å². The van der Waals surface area contributed by atoms with Gasteiger partial charge in [0.25, 0.3) is 0 Å². The van der Waals surface area contributed by atoms with E-state index in [1.807, 2.05) is 0 Å². The third-order valence-corrected chi connectivity index (χ3v) is 3.29. The van der Waals surface area contributed by atoms with Crippen LogP contribution in [-0.4, -0.2) is 5.16 Å². The number of halogens is 1. The number of anilines is 1. The van der Waals surface area contributed by atoms with Crippen molar-refractivity contribution in [2.45, 2.75) is 26.7 Å². The molecule has 3 nitrogen and oxygen atoms in total.